The maximum Gasteiger partial charge on any atom is 0.258 e. The van der Waals surface area contributed by atoms with Crippen molar-refractivity contribution in [1.29, 1.82) is 0 Å². The molecule has 0 bridgehead atoms. The number of anilines is 2. The molecule has 1 aliphatic rings. The van der Waals surface area contributed by atoms with Crippen LogP contribution in [0.15, 0.2) is 36.4 Å². The summed E-state index contributed by atoms with van der Waals surface area (Å²) in [6.07, 6.45) is 5.90. The number of aryl methyl sites for hydroxylation is 1. The number of nitrogens with one attached hydrogen (secondary N) is 2. The SMILES string of the molecule is C#CCNC(=O)COc1cc2c(cc1OCC)Cc1c(Nc3cccc(OCC)c3)nn(C)c1-2. The molecule has 4 rings (SSSR count). The van der Waals surface area contributed by atoms with Gasteiger partial charge in [0.05, 0.1) is 25.5 Å². The molecule has 0 radical (unpaired) electrons. The molecule has 1 aliphatic carbocycles. The van der Waals surface area contributed by atoms with Crippen LogP contribution in [0.25, 0.3) is 11.3 Å². The number of terminal acetylenes is 1. The van der Waals surface area contributed by atoms with Crippen LogP contribution in [-0.4, -0.2) is 42.1 Å². The van der Waals surface area contributed by atoms with Gasteiger partial charge in [0.1, 0.15) is 5.75 Å². The second-order valence-electron chi connectivity index (χ2n) is 7.72. The van der Waals surface area contributed by atoms with E-state index in [2.05, 4.69) is 16.6 Å². The lowest BCUT2D eigenvalue weighted by molar-refractivity contribution is -0.122. The van der Waals surface area contributed by atoms with Crippen molar-refractivity contribution in [2.24, 2.45) is 7.05 Å². The number of fused-ring (bicyclic) bond motifs is 3. The number of carbonyl (C=O) groups is 1. The molecular formula is C26H28N4O4. The van der Waals surface area contributed by atoms with E-state index in [0.717, 1.165) is 39.6 Å². The number of hydrogen-bond donors (Lipinski definition) is 2. The fourth-order valence-electron chi connectivity index (χ4n) is 4.02. The Kier molecular flexibility index (Phi) is 6.93. The van der Waals surface area contributed by atoms with Crippen LogP contribution >= 0.6 is 0 Å². The van der Waals surface area contributed by atoms with E-state index in [1.54, 1.807) is 0 Å². The van der Waals surface area contributed by atoms with Crippen LogP contribution in [0.3, 0.4) is 0 Å². The van der Waals surface area contributed by atoms with Crippen molar-refractivity contribution in [2.75, 3.05) is 31.7 Å². The highest BCUT2D eigenvalue weighted by Crippen LogP contribution is 2.45. The second-order valence-corrected chi connectivity index (χ2v) is 7.72. The first-order chi connectivity index (χ1) is 16.5. The summed E-state index contributed by atoms with van der Waals surface area (Å²) in [6.45, 7) is 4.97. The Morgan fingerprint density at radius 3 is 2.71 bits per heavy atom. The van der Waals surface area contributed by atoms with E-state index in [-0.39, 0.29) is 19.1 Å². The van der Waals surface area contributed by atoms with Crippen molar-refractivity contribution in [3.8, 4) is 40.8 Å². The first-order valence-electron chi connectivity index (χ1n) is 11.2. The normalized spacial score (nSPS) is 11.2. The van der Waals surface area contributed by atoms with Crippen LogP contribution in [0.2, 0.25) is 0 Å². The predicted octanol–water partition coefficient (Wildman–Crippen LogP) is 3.66. The zero-order chi connectivity index (χ0) is 24.1. The van der Waals surface area contributed by atoms with Crippen LogP contribution in [0.5, 0.6) is 17.2 Å². The maximum absolute atomic E-state index is 12.0. The molecule has 0 unspecified atom stereocenters. The standard InChI is InChI=1S/C26H28N4O4/c1-5-11-27-24(31)16-34-23-15-20-17(13-22(23)33-7-3)12-21-25(20)30(4)29-26(21)28-18-9-8-10-19(14-18)32-6-2/h1,8-10,13-15H,6-7,11-12,16H2,2-4H3,(H,27,31)(H,28,29). The molecule has 8 nitrogen and oxygen atoms in total. The van der Waals surface area contributed by atoms with Gasteiger partial charge in [-0.2, -0.15) is 5.10 Å². The Morgan fingerprint density at radius 2 is 1.94 bits per heavy atom. The zero-order valence-corrected chi connectivity index (χ0v) is 19.6. The summed E-state index contributed by atoms with van der Waals surface area (Å²) in [5, 5.41) is 10.7. The van der Waals surface area contributed by atoms with Gasteiger partial charge in [-0.15, -0.1) is 6.42 Å². The van der Waals surface area contributed by atoms with E-state index in [9.17, 15) is 4.79 Å². The van der Waals surface area contributed by atoms with Gasteiger partial charge in [-0.05, 0) is 43.7 Å². The summed E-state index contributed by atoms with van der Waals surface area (Å²) in [5.74, 6) is 4.78. The summed E-state index contributed by atoms with van der Waals surface area (Å²) < 4.78 is 19.1. The van der Waals surface area contributed by atoms with E-state index >= 15 is 0 Å². The lowest BCUT2D eigenvalue weighted by Crippen LogP contribution is -2.29. The number of nitrogens with zero attached hydrogens (tertiary/aromatic N) is 2. The van der Waals surface area contributed by atoms with Gasteiger partial charge in [0.2, 0.25) is 0 Å². The highest BCUT2D eigenvalue weighted by atomic mass is 16.5. The van der Waals surface area contributed by atoms with Gasteiger partial charge in [0.25, 0.3) is 5.91 Å². The third-order valence-electron chi connectivity index (χ3n) is 5.39. The van der Waals surface area contributed by atoms with E-state index in [1.165, 1.54) is 0 Å². The molecule has 1 aromatic heterocycles. The third-order valence-corrected chi connectivity index (χ3v) is 5.39. The maximum atomic E-state index is 12.0. The number of carbonyl (C=O) groups excluding carboxylic acids is 1. The molecule has 2 aromatic carbocycles. The molecule has 1 heterocycles. The van der Waals surface area contributed by atoms with Crippen molar-refractivity contribution in [3.63, 3.8) is 0 Å². The molecule has 0 fully saturated rings. The average Bonchev–Trinajstić information content (AvgIpc) is 3.33. The molecule has 2 N–H and O–H groups in total. The van der Waals surface area contributed by atoms with Gasteiger partial charge in [-0.3, -0.25) is 9.48 Å². The van der Waals surface area contributed by atoms with Crippen molar-refractivity contribution in [1.82, 2.24) is 15.1 Å². The first-order valence-corrected chi connectivity index (χ1v) is 11.2. The van der Waals surface area contributed by atoms with Gasteiger partial charge in [-0.25, -0.2) is 0 Å². The lowest BCUT2D eigenvalue weighted by Gasteiger charge is -2.14. The summed E-state index contributed by atoms with van der Waals surface area (Å²) in [6, 6.07) is 11.7. The highest BCUT2D eigenvalue weighted by molar-refractivity contribution is 5.82. The Balaban J connectivity index is 1.62. The number of ether oxygens (including phenoxy) is 3. The van der Waals surface area contributed by atoms with Crippen LogP contribution in [-0.2, 0) is 18.3 Å². The Bertz CT molecular complexity index is 1240. The van der Waals surface area contributed by atoms with Gasteiger partial charge >= 0.3 is 0 Å². The van der Waals surface area contributed by atoms with Crippen molar-refractivity contribution in [3.05, 3.63) is 47.5 Å². The molecule has 34 heavy (non-hydrogen) atoms. The number of amides is 1. The first kappa shape index (κ1) is 23.1. The van der Waals surface area contributed by atoms with Crippen molar-refractivity contribution < 1.29 is 19.0 Å². The largest absolute Gasteiger partial charge is 0.494 e. The van der Waals surface area contributed by atoms with Crippen molar-refractivity contribution in [2.45, 2.75) is 20.3 Å². The minimum absolute atomic E-state index is 0.151. The van der Waals surface area contributed by atoms with Crippen LogP contribution in [0, 0.1) is 12.3 Å². The lowest BCUT2D eigenvalue weighted by atomic mass is 10.1. The van der Waals surface area contributed by atoms with Gasteiger partial charge < -0.3 is 24.8 Å². The molecule has 8 heteroatoms. The summed E-state index contributed by atoms with van der Waals surface area (Å²) in [7, 11) is 1.92. The van der Waals surface area contributed by atoms with E-state index in [4.69, 9.17) is 25.7 Å². The van der Waals surface area contributed by atoms with Crippen LogP contribution < -0.4 is 24.8 Å². The topological polar surface area (TPSA) is 86.6 Å². The quantitative estimate of drug-likeness (QED) is 0.351. The Morgan fingerprint density at radius 1 is 1.15 bits per heavy atom. The van der Waals surface area contributed by atoms with Crippen molar-refractivity contribution >= 4 is 17.4 Å². The van der Waals surface area contributed by atoms with E-state index in [1.807, 2.05) is 62.0 Å². The van der Waals surface area contributed by atoms with Gasteiger partial charge in [0.15, 0.2) is 23.9 Å². The smallest absolute Gasteiger partial charge is 0.258 e. The Hall–Kier alpha value is -4.12. The molecule has 1 amide bonds. The molecule has 176 valence electrons. The highest BCUT2D eigenvalue weighted by Gasteiger charge is 2.29. The number of hydrogen-bond acceptors (Lipinski definition) is 6. The summed E-state index contributed by atoms with van der Waals surface area (Å²) >= 11 is 0. The minimum Gasteiger partial charge on any atom is -0.494 e. The minimum atomic E-state index is -0.289. The Labute approximate surface area is 199 Å². The summed E-state index contributed by atoms with van der Waals surface area (Å²) in [4.78, 5) is 12.0. The van der Waals surface area contributed by atoms with Crippen LogP contribution in [0.4, 0.5) is 11.5 Å². The molecule has 0 saturated carbocycles. The van der Waals surface area contributed by atoms with Gasteiger partial charge in [0, 0.05) is 36.3 Å². The summed E-state index contributed by atoms with van der Waals surface area (Å²) in [5.41, 5.74) is 5.11. The fraction of sp³-hybridized carbons (Fsp3) is 0.308. The molecule has 0 aliphatic heterocycles. The second kappa shape index (κ2) is 10.2. The number of rotatable bonds is 10. The average molecular weight is 461 g/mol. The molecule has 0 saturated heterocycles. The zero-order valence-electron chi connectivity index (χ0n) is 19.6. The monoisotopic (exact) mass is 460 g/mol. The van der Waals surface area contributed by atoms with E-state index in [0.29, 0.717) is 31.1 Å². The molecule has 0 atom stereocenters. The van der Waals surface area contributed by atoms with E-state index < -0.39 is 0 Å². The molecule has 0 spiro atoms. The van der Waals surface area contributed by atoms with Crippen LogP contribution in [0.1, 0.15) is 25.0 Å². The number of benzene rings is 2. The number of aromatic nitrogens is 2. The predicted molar refractivity (Wildman–Crippen MR) is 131 cm³/mol. The fourth-order valence-corrected chi connectivity index (χ4v) is 4.02. The van der Waals surface area contributed by atoms with Gasteiger partial charge in [-0.1, -0.05) is 12.0 Å². The third kappa shape index (κ3) is 4.79. The molecule has 3 aromatic rings. The molecular weight excluding hydrogens is 432 g/mol.